The van der Waals surface area contributed by atoms with E-state index in [0.717, 1.165) is 16.8 Å². The van der Waals surface area contributed by atoms with E-state index in [1.165, 1.54) is 17.4 Å². The van der Waals surface area contributed by atoms with Gasteiger partial charge in [-0.05, 0) is 18.6 Å². The number of aromatic hydroxyl groups is 2. The van der Waals surface area contributed by atoms with E-state index in [1.54, 1.807) is 17.8 Å². The Kier molecular flexibility index (Phi) is 2.72. The molecule has 3 aromatic rings. The van der Waals surface area contributed by atoms with Crippen molar-refractivity contribution in [1.29, 1.82) is 0 Å². The van der Waals surface area contributed by atoms with Gasteiger partial charge in [0.2, 0.25) is 0 Å². The van der Waals surface area contributed by atoms with Crippen molar-refractivity contribution in [3.63, 3.8) is 0 Å². The van der Waals surface area contributed by atoms with Gasteiger partial charge in [0.25, 0.3) is 0 Å². The van der Waals surface area contributed by atoms with E-state index in [2.05, 4.69) is 15.2 Å². The zero-order valence-corrected chi connectivity index (χ0v) is 10.9. The summed E-state index contributed by atoms with van der Waals surface area (Å²) in [5.74, 6) is 0.0479. The SMILES string of the molecule is Cc1cc(O)cc(O)c1-c1[nH]ncc1-c1cscn1. The molecule has 5 nitrogen and oxygen atoms in total. The van der Waals surface area contributed by atoms with Gasteiger partial charge in [-0.2, -0.15) is 5.10 Å². The Bertz CT molecular complexity index is 696. The second-order valence-electron chi connectivity index (χ2n) is 4.19. The Morgan fingerprint density at radius 1 is 1.26 bits per heavy atom. The van der Waals surface area contributed by atoms with Gasteiger partial charge in [-0.25, -0.2) is 4.98 Å². The Morgan fingerprint density at radius 2 is 2.11 bits per heavy atom. The molecule has 0 saturated heterocycles. The van der Waals surface area contributed by atoms with E-state index in [4.69, 9.17) is 0 Å². The molecule has 1 aromatic carbocycles. The third kappa shape index (κ3) is 1.96. The van der Waals surface area contributed by atoms with E-state index < -0.39 is 0 Å². The molecular weight excluding hydrogens is 262 g/mol. The van der Waals surface area contributed by atoms with Crippen LogP contribution >= 0.6 is 11.3 Å². The number of aromatic amines is 1. The van der Waals surface area contributed by atoms with Crippen molar-refractivity contribution < 1.29 is 10.2 Å². The molecule has 19 heavy (non-hydrogen) atoms. The summed E-state index contributed by atoms with van der Waals surface area (Å²) in [6.45, 7) is 1.82. The minimum Gasteiger partial charge on any atom is -0.508 e. The predicted molar refractivity (Wildman–Crippen MR) is 73.2 cm³/mol. The summed E-state index contributed by atoms with van der Waals surface area (Å²) >= 11 is 1.50. The van der Waals surface area contributed by atoms with Gasteiger partial charge in [0.15, 0.2) is 0 Å². The van der Waals surface area contributed by atoms with E-state index >= 15 is 0 Å². The Labute approximate surface area is 113 Å². The number of hydrogen-bond acceptors (Lipinski definition) is 5. The zero-order valence-electron chi connectivity index (χ0n) is 10.1. The first kappa shape index (κ1) is 11.7. The maximum absolute atomic E-state index is 10.0. The molecule has 0 radical (unpaired) electrons. The average molecular weight is 273 g/mol. The molecule has 2 heterocycles. The highest BCUT2D eigenvalue weighted by atomic mass is 32.1. The van der Waals surface area contributed by atoms with Gasteiger partial charge in [-0.15, -0.1) is 11.3 Å². The lowest BCUT2D eigenvalue weighted by Gasteiger charge is -2.09. The molecule has 0 bridgehead atoms. The molecule has 0 spiro atoms. The highest BCUT2D eigenvalue weighted by Gasteiger charge is 2.17. The summed E-state index contributed by atoms with van der Waals surface area (Å²) in [6.07, 6.45) is 1.68. The number of nitrogens with one attached hydrogen (secondary N) is 1. The number of rotatable bonds is 2. The molecule has 0 aliphatic heterocycles. The first-order chi connectivity index (χ1) is 9.16. The van der Waals surface area contributed by atoms with Crippen LogP contribution in [0.5, 0.6) is 11.5 Å². The summed E-state index contributed by atoms with van der Waals surface area (Å²) in [5.41, 5.74) is 5.46. The van der Waals surface area contributed by atoms with E-state index in [-0.39, 0.29) is 11.5 Å². The molecule has 0 amide bonds. The molecule has 0 aliphatic rings. The van der Waals surface area contributed by atoms with Gasteiger partial charge in [0.05, 0.1) is 23.1 Å². The van der Waals surface area contributed by atoms with Gasteiger partial charge in [-0.1, -0.05) is 0 Å². The van der Waals surface area contributed by atoms with Crippen molar-refractivity contribution in [2.45, 2.75) is 6.92 Å². The maximum Gasteiger partial charge on any atom is 0.128 e. The van der Waals surface area contributed by atoms with Crippen LogP contribution < -0.4 is 0 Å². The summed E-state index contributed by atoms with van der Waals surface area (Å²) < 4.78 is 0. The molecule has 3 rings (SSSR count). The number of hydrogen-bond donors (Lipinski definition) is 3. The van der Waals surface area contributed by atoms with E-state index in [0.29, 0.717) is 11.3 Å². The van der Waals surface area contributed by atoms with Crippen LogP contribution in [0.1, 0.15) is 5.56 Å². The molecule has 6 heteroatoms. The lowest BCUT2D eigenvalue weighted by molar-refractivity contribution is 0.451. The van der Waals surface area contributed by atoms with Crippen LogP contribution in [-0.4, -0.2) is 25.4 Å². The highest BCUT2D eigenvalue weighted by molar-refractivity contribution is 7.07. The molecule has 0 saturated carbocycles. The fourth-order valence-electron chi connectivity index (χ4n) is 2.09. The number of phenolic OH excluding ortho intramolecular Hbond substituents is 2. The lowest BCUT2D eigenvalue weighted by atomic mass is 10.0. The minimum atomic E-state index is 0.0122. The monoisotopic (exact) mass is 273 g/mol. The standard InChI is InChI=1S/C13H11N3O2S/c1-7-2-8(17)3-11(18)12(7)13-9(4-15-16-13)10-5-19-6-14-10/h2-6,17-18H,1H3,(H,15,16). The number of H-pyrrole nitrogens is 1. The molecule has 0 aliphatic carbocycles. The topological polar surface area (TPSA) is 82.0 Å². The smallest absolute Gasteiger partial charge is 0.128 e. The van der Waals surface area contributed by atoms with Crippen molar-refractivity contribution in [3.8, 4) is 34.0 Å². The van der Waals surface area contributed by atoms with Crippen molar-refractivity contribution in [2.75, 3.05) is 0 Å². The largest absolute Gasteiger partial charge is 0.508 e. The molecule has 0 atom stereocenters. The number of nitrogens with zero attached hydrogens (tertiary/aromatic N) is 2. The van der Waals surface area contributed by atoms with Crippen LogP contribution in [0.15, 0.2) is 29.2 Å². The summed E-state index contributed by atoms with van der Waals surface area (Å²) in [4.78, 5) is 4.25. The van der Waals surface area contributed by atoms with Crippen molar-refractivity contribution in [1.82, 2.24) is 15.2 Å². The van der Waals surface area contributed by atoms with Gasteiger partial charge >= 0.3 is 0 Å². The molecule has 2 aromatic heterocycles. The van der Waals surface area contributed by atoms with Gasteiger partial charge in [0.1, 0.15) is 11.5 Å². The predicted octanol–water partition coefficient (Wildman–Crippen LogP) is 2.92. The number of aromatic nitrogens is 3. The summed E-state index contributed by atoms with van der Waals surface area (Å²) in [6, 6.07) is 2.91. The summed E-state index contributed by atoms with van der Waals surface area (Å²) in [5, 5.41) is 28.3. The van der Waals surface area contributed by atoms with Crippen molar-refractivity contribution >= 4 is 11.3 Å². The van der Waals surface area contributed by atoms with Gasteiger partial charge < -0.3 is 10.2 Å². The third-order valence-corrected chi connectivity index (χ3v) is 3.48. The van der Waals surface area contributed by atoms with Crippen LogP contribution in [0.2, 0.25) is 0 Å². The van der Waals surface area contributed by atoms with Crippen LogP contribution in [0.25, 0.3) is 22.5 Å². The molecule has 96 valence electrons. The Morgan fingerprint density at radius 3 is 2.79 bits per heavy atom. The number of phenols is 2. The normalized spacial score (nSPS) is 10.8. The molecule has 3 N–H and O–H groups in total. The summed E-state index contributed by atoms with van der Waals surface area (Å²) in [7, 11) is 0. The van der Waals surface area contributed by atoms with Crippen LogP contribution in [0.3, 0.4) is 0 Å². The van der Waals surface area contributed by atoms with Crippen LogP contribution in [0.4, 0.5) is 0 Å². The van der Waals surface area contributed by atoms with E-state index in [9.17, 15) is 10.2 Å². The fraction of sp³-hybridized carbons (Fsp3) is 0.0769. The Balaban J connectivity index is 2.22. The first-order valence-corrected chi connectivity index (χ1v) is 6.56. The molecule has 0 unspecified atom stereocenters. The minimum absolute atomic E-state index is 0.0122. The third-order valence-electron chi connectivity index (χ3n) is 2.90. The molecule has 0 fully saturated rings. The van der Waals surface area contributed by atoms with Crippen molar-refractivity contribution in [3.05, 3.63) is 34.8 Å². The highest BCUT2D eigenvalue weighted by Crippen LogP contribution is 2.39. The van der Waals surface area contributed by atoms with Gasteiger partial charge in [-0.3, -0.25) is 5.10 Å². The quantitative estimate of drug-likeness (QED) is 0.670. The zero-order chi connectivity index (χ0) is 13.4. The van der Waals surface area contributed by atoms with Gasteiger partial charge in [0, 0.05) is 22.6 Å². The average Bonchev–Trinajstić information content (AvgIpc) is 2.96. The van der Waals surface area contributed by atoms with Crippen LogP contribution in [0, 0.1) is 6.92 Å². The lowest BCUT2D eigenvalue weighted by Crippen LogP contribution is -1.88. The Hall–Kier alpha value is -2.34. The van der Waals surface area contributed by atoms with E-state index in [1.807, 2.05) is 12.3 Å². The number of thiazole rings is 1. The van der Waals surface area contributed by atoms with Crippen LogP contribution in [-0.2, 0) is 0 Å². The van der Waals surface area contributed by atoms with Crippen molar-refractivity contribution in [2.24, 2.45) is 0 Å². The maximum atomic E-state index is 10.0. The number of benzene rings is 1. The first-order valence-electron chi connectivity index (χ1n) is 5.61. The second kappa shape index (κ2) is 4.40. The number of aryl methyl sites for hydroxylation is 1. The fourth-order valence-corrected chi connectivity index (χ4v) is 2.64. The second-order valence-corrected chi connectivity index (χ2v) is 4.91. The molecular formula is C13H11N3O2S.